The van der Waals surface area contributed by atoms with Crippen LogP contribution in [0.1, 0.15) is 24.1 Å². The molecule has 118 valence electrons. The van der Waals surface area contributed by atoms with Crippen LogP contribution in [0, 0.1) is 17.2 Å². The van der Waals surface area contributed by atoms with E-state index in [4.69, 9.17) is 10.00 Å². The van der Waals surface area contributed by atoms with E-state index in [9.17, 15) is 0 Å². The van der Waals surface area contributed by atoms with Gasteiger partial charge >= 0.3 is 0 Å². The summed E-state index contributed by atoms with van der Waals surface area (Å²) in [5.41, 5.74) is 2.18. The first-order valence-corrected chi connectivity index (χ1v) is 8.07. The number of nitrogens with zero attached hydrogens (tertiary/aromatic N) is 3. The summed E-state index contributed by atoms with van der Waals surface area (Å²) in [7, 11) is 0. The molecular weight excluding hydrogens is 286 g/mol. The average molecular weight is 307 g/mol. The second kappa shape index (κ2) is 7.75. The fourth-order valence-corrected chi connectivity index (χ4v) is 2.89. The van der Waals surface area contributed by atoms with Crippen LogP contribution in [-0.4, -0.2) is 23.0 Å². The number of ether oxygens (including phenoxy) is 1. The fraction of sp³-hybridized carbons (Fsp3) is 0.368. The Morgan fingerprint density at radius 1 is 1.22 bits per heavy atom. The van der Waals surface area contributed by atoms with Crippen molar-refractivity contribution in [1.82, 2.24) is 9.88 Å². The Labute approximate surface area is 137 Å². The molecule has 23 heavy (non-hydrogen) atoms. The number of benzene rings is 1. The molecule has 0 saturated carbocycles. The van der Waals surface area contributed by atoms with E-state index in [-0.39, 0.29) is 5.92 Å². The first kappa shape index (κ1) is 15.5. The molecule has 1 aliphatic heterocycles. The van der Waals surface area contributed by atoms with Gasteiger partial charge in [0, 0.05) is 19.3 Å². The van der Waals surface area contributed by atoms with Gasteiger partial charge in [0.15, 0.2) is 0 Å². The minimum absolute atomic E-state index is 0.185. The van der Waals surface area contributed by atoms with Crippen LogP contribution in [0.15, 0.2) is 48.7 Å². The van der Waals surface area contributed by atoms with E-state index in [1.807, 2.05) is 30.3 Å². The Bertz CT molecular complexity index is 649. The largest absolute Gasteiger partial charge is 0.487 e. The maximum Gasteiger partial charge on any atom is 0.130 e. The third-order valence-corrected chi connectivity index (χ3v) is 4.13. The summed E-state index contributed by atoms with van der Waals surface area (Å²) in [6.45, 7) is 3.35. The molecule has 1 saturated heterocycles. The van der Waals surface area contributed by atoms with Crippen LogP contribution in [-0.2, 0) is 13.2 Å². The van der Waals surface area contributed by atoms with Crippen molar-refractivity contribution in [1.29, 1.82) is 5.26 Å². The minimum Gasteiger partial charge on any atom is -0.487 e. The van der Waals surface area contributed by atoms with Crippen molar-refractivity contribution in [2.75, 3.05) is 13.1 Å². The van der Waals surface area contributed by atoms with Gasteiger partial charge in [-0.25, -0.2) is 0 Å². The first-order valence-electron chi connectivity index (χ1n) is 8.07. The van der Waals surface area contributed by atoms with Gasteiger partial charge in [-0.2, -0.15) is 5.26 Å². The molecule has 1 aromatic carbocycles. The van der Waals surface area contributed by atoms with Crippen LogP contribution in [0.3, 0.4) is 0 Å². The maximum atomic E-state index is 9.07. The number of aromatic nitrogens is 1. The van der Waals surface area contributed by atoms with Gasteiger partial charge in [0.1, 0.15) is 12.4 Å². The molecule has 4 nitrogen and oxygen atoms in total. The standard InChI is InChI=1S/C19H21N3O/c20-12-17-4-3-11-22(14-17)13-16-6-8-19(9-7-16)23-15-18-5-1-2-10-21-18/h1-2,5-10,17H,3-4,11,13-15H2. The summed E-state index contributed by atoms with van der Waals surface area (Å²) >= 11 is 0. The average Bonchev–Trinajstić information content (AvgIpc) is 2.62. The highest BCUT2D eigenvalue weighted by atomic mass is 16.5. The third-order valence-electron chi connectivity index (χ3n) is 4.13. The Morgan fingerprint density at radius 2 is 2.09 bits per heavy atom. The monoisotopic (exact) mass is 307 g/mol. The van der Waals surface area contributed by atoms with Gasteiger partial charge in [-0.1, -0.05) is 18.2 Å². The van der Waals surface area contributed by atoms with Crippen LogP contribution >= 0.6 is 0 Å². The SMILES string of the molecule is N#CC1CCCN(Cc2ccc(OCc3ccccn3)cc2)C1. The number of likely N-dealkylation sites (tertiary alicyclic amines) is 1. The molecule has 0 radical (unpaired) electrons. The van der Waals surface area contributed by atoms with Crippen LogP contribution in [0.4, 0.5) is 0 Å². The molecule has 1 aliphatic rings. The van der Waals surface area contributed by atoms with E-state index >= 15 is 0 Å². The lowest BCUT2D eigenvalue weighted by Gasteiger charge is -2.29. The summed E-state index contributed by atoms with van der Waals surface area (Å²) in [6, 6.07) is 16.4. The highest BCUT2D eigenvalue weighted by molar-refractivity contribution is 5.27. The van der Waals surface area contributed by atoms with Gasteiger partial charge in [0.05, 0.1) is 17.7 Å². The zero-order valence-corrected chi connectivity index (χ0v) is 13.2. The lowest BCUT2D eigenvalue weighted by molar-refractivity contribution is 0.192. The quantitative estimate of drug-likeness (QED) is 0.849. The van der Waals surface area contributed by atoms with E-state index in [2.05, 4.69) is 28.1 Å². The van der Waals surface area contributed by atoms with Crippen LogP contribution in [0.5, 0.6) is 5.75 Å². The predicted octanol–water partition coefficient (Wildman–Crippen LogP) is 3.40. The minimum atomic E-state index is 0.185. The topological polar surface area (TPSA) is 49.2 Å². The van der Waals surface area contributed by atoms with Crippen molar-refractivity contribution in [3.8, 4) is 11.8 Å². The summed E-state index contributed by atoms with van der Waals surface area (Å²) in [5, 5.41) is 9.07. The molecule has 2 aromatic rings. The van der Waals surface area contributed by atoms with Gasteiger partial charge in [-0.05, 0) is 49.2 Å². The van der Waals surface area contributed by atoms with Crippen molar-refractivity contribution < 1.29 is 4.74 Å². The molecule has 0 amide bonds. The van der Waals surface area contributed by atoms with Gasteiger partial charge in [-0.3, -0.25) is 9.88 Å². The summed E-state index contributed by atoms with van der Waals surface area (Å²) in [5.74, 6) is 1.04. The predicted molar refractivity (Wildman–Crippen MR) is 88.6 cm³/mol. The van der Waals surface area contributed by atoms with E-state index in [1.54, 1.807) is 6.20 Å². The zero-order chi connectivity index (χ0) is 15.9. The second-order valence-corrected chi connectivity index (χ2v) is 5.96. The summed E-state index contributed by atoms with van der Waals surface area (Å²) in [4.78, 5) is 6.61. The summed E-state index contributed by atoms with van der Waals surface area (Å²) in [6.07, 6.45) is 3.92. The lowest BCUT2D eigenvalue weighted by Crippen LogP contribution is -2.34. The van der Waals surface area contributed by atoms with Gasteiger partial charge in [0.2, 0.25) is 0 Å². The maximum absolute atomic E-state index is 9.07. The molecular formula is C19H21N3O. The van der Waals surface area contributed by atoms with Crippen molar-refractivity contribution in [2.24, 2.45) is 5.92 Å². The van der Waals surface area contributed by atoms with Gasteiger partial charge in [-0.15, -0.1) is 0 Å². The Morgan fingerprint density at radius 3 is 2.83 bits per heavy atom. The van der Waals surface area contributed by atoms with Crippen molar-refractivity contribution in [2.45, 2.75) is 26.0 Å². The molecule has 0 aliphatic carbocycles. The van der Waals surface area contributed by atoms with Crippen molar-refractivity contribution >= 4 is 0 Å². The molecule has 0 bridgehead atoms. The zero-order valence-electron chi connectivity index (χ0n) is 13.2. The third kappa shape index (κ3) is 4.54. The number of hydrogen-bond acceptors (Lipinski definition) is 4. The Hall–Kier alpha value is -2.38. The second-order valence-electron chi connectivity index (χ2n) is 5.96. The molecule has 0 N–H and O–H groups in total. The highest BCUT2D eigenvalue weighted by Crippen LogP contribution is 2.19. The molecule has 4 heteroatoms. The Balaban J connectivity index is 1.52. The molecule has 0 spiro atoms. The number of rotatable bonds is 5. The van der Waals surface area contributed by atoms with E-state index in [1.165, 1.54) is 5.56 Å². The van der Waals surface area contributed by atoms with E-state index in [0.717, 1.165) is 43.9 Å². The van der Waals surface area contributed by atoms with Crippen LogP contribution in [0.2, 0.25) is 0 Å². The molecule has 1 unspecified atom stereocenters. The van der Waals surface area contributed by atoms with E-state index in [0.29, 0.717) is 6.61 Å². The number of pyridine rings is 1. The Kier molecular flexibility index (Phi) is 5.23. The molecule has 1 fully saturated rings. The normalized spacial score (nSPS) is 18.3. The fourth-order valence-electron chi connectivity index (χ4n) is 2.89. The van der Waals surface area contributed by atoms with Gasteiger partial charge in [0.25, 0.3) is 0 Å². The summed E-state index contributed by atoms with van der Waals surface area (Å²) < 4.78 is 5.75. The highest BCUT2D eigenvalue weighted by Gasteiger charge is 2.19. The van der Waals surface area contributed by atoms with Crippen molar-refractivity contribution in [3.63, 3.8) is 0 Å². The number of hydrogen-bond donors (Lipinski definition) is 0. The van der Waals surface area contributed by atoms with Crippen LogP contribution in [0.25, 0.3) is 0 Å². The number of nitriles is 1. The van der Waals surface area contributed by atoms with Crippen LogP contribution < -0.4 is 4.74 Å². The lowest BCUT2D eigenvalue weighted by atomic mass is 9.99. The molecule has 1 atom stereocenters. The molecule has 1 aromatic heterocycles. The smallest absolute Gasteiger partial charge is 0.130 e. The molecule has 2 heterocycles. The van der Waals surface area contributed by atoms with Gasteiger partial charge < -0.3 is 4.74 Å². The van der Waals surface area contributed by atoms with Crippen molar-refractivity contribution in [3.05, 3.63) is 59.9 Å². The first-order chi connectivity index (χ1) is 11.3. The molecule has 3 rings (SSSR count). The number of piperidine rings is 1. The van der Waals surface area contributed by atoms with E-state index < -0.39 is 0 Å².